The van der Waals surface area contributed by atoms with Crippen LogP contribution in [0.15, 0.2) is 65.8 Å². The quantitative estimate of drug-likeness (QED) is 0.0846. The van der Waals surface area contributed by atoms with Crippen LogP contribution < -0.4 is 11.2 Å². The van der Waals surface area contributed by atoms with Crippen molar-refractivity contribution in [3.05, 3.63) is 71.8 Å². The van der Waals surface area contributed by atoms with E-state index in [-0.39, 0.29) is 11.7 Å². The van der Waals surface area contributed by atoms with E-state index in [1.54, 1.807) is 48.5 Å². The number of hydrogen-bond acceptors (Lipinski definition) is 6. The number of rotatable bonds is 16. The Hall–Kier alpha value is -3.68. The molecule has 2 aromatic rings. The van der Waals surface area contributed by atoms with Crippen molar-refractivity contribution in [2.75, 3.05) is 0 Å². The first-order valence-corrected chi connectivity index (χ1v) is 12.7. The number of oxime groups is 1. The summed E-state index contributed by atoms with van der Waals surface area (Å²) in [6.07, 6.45) is 12.3. The van der Waals surface area contributed by atoms with Crippen molar-refractivity contribution in [3.63, 3.8) is 0 Å². The molecule has 0 atom stereocenters. The van der Waals surface area contributed by atoms with Gasteiger partial charge >= 0.3 is 11.9 Å². The molecule has 8 nitrogen and oxygen atoms in total. The molecule has 0 saturated heterocycles. The molecule has 0 saturated carbocycles. The average Bonchev–Trinajstić information content (AvgIpc) is 2.90. The summed E-state index contributed by atoms with van der Waals surface area (Å²) in [6, 6.07) is 17.2. The number of benzene rings is 2. The van der Waals surface area contributed by atoms with E-state index < -0.39 is 11.9 Å². The number of carbonyl (C=O) groups excluding carboxylic acids is 2. The maximum Gasteiger partial charge on any atom is 0.365 e. The van der Waals surface area contributed by atoms with Crippen LogP contribution >= 0.6 is 0 Å². The van der Waals surface area contributed by atoms with Crippen LogP contribution in [0, 0.1) is 5.41 Å². The van der Waals surface area contributed by atoms with Crippen LogP contribution in [0.25, 0.3) is 0 Å². The number of amidine groups is 2. The number of nitrogens with one attached hydrogen (secondary N) is 2. The molecule has 0 aliphatic rings. The Balaban J connectivity index is 1.70. The third kappa shape index (κ3) is 12.7. The second-order valence-corrected chi connectivity index (χ2v) is 8.70. The lowest BCUT2D eigenvalue weighted by Gasteiger charge is -2.09. The van der Waals surface area contributed by atoms with Gasteiger partial charge in [0.1, 0.15) is 0 Å². The second-order valence-electron chi connectivity index (χ2n) is 8.70. The van der Waals surface area contributed by atoms with Crippen molar-refractivity contribution in [2.45, 2.75) is 77.0 Å². The van der Waals surface area contributed by atoms with E-state index in [0.717, 1.165) is 32.1 Å². The highest BCUT2D eigenvalue weighted by Gasteiger charge is 2.11. The molecule has 0 fully saturated rings. The highest BCUT2D eigenvalue weighted by atomic mass is 16.7. The summed E-state index contributed by atoms with van der Waals surface area (Å²) >= 11 is 0. The largest absolute Gasteiger partial charge is 0.388 e. The maximum atomic E-state index is 12.2. The van der Waals surface area contributed by atoms with E-state index in [4.69, 9.17) is 20.8 Å². The third-order valence-electron chi connectivity index (χ3n) is 5.63. The first-order valence-electron chi connectivity index (χ1n) is 12.7. The summed E-state index contributed by atoms with van der Waals surface area (Å²) in [5, 5.41) is 11.1. The van der Waals surface area contributed by atoms with Crippen molar-refractivity contribution in [2.24, 2.45) is 10.9 Å². The van der Waals surface area contributed by atoms with Gasteiger partial charge in [-0.1, -0.05) is 92.9 Å². The van der Waals surface area contributed by atoms with Gasteiger partial charge in [0, 0.05) is 12.8 Å². The van der Waals surface area contributed by atoms with Crippen LogP contribution in [0.1, 0.15) is 97.8 Å². The summed E-state index contributed by atoms with van der Waals surface area (Å²) in [4.78, 5) is 34.7. The zero-order valence-electron chi connectivity index (χ0n) is 20.9. The number of hydroxylamine groups is 1. The van der Waals surface area contributed by atoms with Gasteiger partial charge in [0.05, 0.1) is 17.0 Å². The van der Waals surface area contributed by atoms with Gasteiger partial charge in [-0.15, -0.1) is 0 Å². The third-order valence-corrected chi connectivity index (χ3v) is 5.63. The highest BCUT2D eigenvalue weighted by Crippen LogP contribution is 2.12. The normalized spacial score (nSPS) is 11.1. The van der Waals surface area contributed by atoms with Gasteiger partial charge in [-0.2, -0.15) is 0 Å². The lowest BCUT2D eigenvalue weighted by molar-refractivity contribution is 0.0363. The minimum Gasteiger partial charge on any atom is -0.388 e. The van der Waals surface area contributed by atoms with Gasteiger partial charge in [-0.3, -0.25) is 5.41 Å². The van der Waals surface area contributed by atoms with E-state index in [1.165, 1.54) is 32.1 Å². The number of unbranched alkanes of at least 4 members (excludes halogenated alkanes) is 9. The van der Waals surface area contributed by atoms with Crippen molar-refractivity contribution >= 4 is 23.6 Å². The highest BCUT2D eigenvalue weighted by molar-refractivity contribution is 5.92. The summed E-state index contributed by atoms with van der Waals surface area (Å²) in [6.45, 7) is 0. The molecule has 194 valence electrons. The van der Waals surface area contributed by atoms with Crippen LogP contribution in [0.2, 0.25) is 0 Å². The van der Waals surface area contributed by atoms with Gasteiger partial charge < -0.3 is 15.4 Å². The lowest BCUT2D eigenvalue weighted by Crippen LogP contribution is -2.27. The van der Waals surface area contributed by atoms with Crippen molar-refractivity contribution in [3.8, 4) is 0 Å². The van der Waals surface area contributed by atoms with E-state index in [2.05, 4.69) is 10.6 Å². The molecule has 0 spiro atoms. The zero-order chi connectivity index (χ0) is 25.8. The molecule has 0 bridgehead atoms. The van der Waals surface area contributed by atoms with Crippen LogP contribution in [0.4, 0.5) is 0 Å². The Morgan fingerprint density at radius 1 is 0.694 bits per heavy atom. The molecule has 0 aliphatic carbocycles. The molecule has 36 heavy (non-hydrogen) atoms. The average molecular weight is 495 g/mol. The molecular weight excluding hydrogens is 456 g/mol. The van der Waals surface area contributed by atoms with Gasteiger partial charge in [-0.05, 0) is 37.1 Å². The minimum absolute atomic E-state index is 0.280. The molecule has 0 aliphatic heterocycles. The molecule has 0 unspecified atom stereocenters. The summed E-state index contributed by atoms with van der Waals surface area (Å²) < 4.78 is 0. The van der Waals surface area contributed by atoms with Gasteiger partial charge in [-0.25, -0.2) is 15.1 Å². The molecular formula is C28H38N4O4. The fourth-order valence-corrected chi connectivity index (χ4v) is 3.60. The number of nitrogens with two attached hydrogens (primary N) is 1. The fourth-order valence-electron chi connectivity index (χ4n) is 3.60. The van der Waals surface area contributed by atoms with Crippen molar-refractivity contribution < 1.29 is 19.3 Å². The van der Waals surface area contributed by atoms with Crippen LogP contribution in [-0.4, -0.2) is 23.6 Å². The summed E-state index contributed by atoms with van der Waals surface area (Å²) in [5.74, 6) is -0.555. The summed E-state index contributed by atoms with van der Waals surface area (Å²) in [5.41, 5.74) is 8.73. The lowest BCUT2D eigenvalue weighted by atomic mass is 10.0. The first-order chi connectivity index (χ1) is 17.6. The smallest absolute Gasteiger partial charge is 0.365 e. The van der Waals surface area contributed by atoms with Gasteiger partial charge in [0.15, 0.2) is 5.84 Å². The van der Waals surface area contributed by atoms with Crippen LogP contribution in [0.3, 0.4) is 0 Å². The standard InChI is InChI=1S/C28H38N4O4/c29-25(30)21-15-7-5-3-1-2-4-6-8-16-22-26(31-35-27(33)23-17-11-9-12-18-23)32-36-28(34)24-19-13-10-14-20-24/h9-14,17-20H,1-8,15-16,21-22H2,(H3,29,30)(H,31,32). The predicted molar refractivity (Wildman–Crippen MR) is 142 cm³/mol. The number of carbonyl (C=O) groups is 2. The molecule has 0 aromatic heterocycles. The molecule has 0 heterocycles. The SMILES string of the molecule is N=C(N)CCCCCCCCCCCCC(=NOC(=O)c1ccccc1)NOC(=O)c1ccccc1. The Kier molecular flexibility index (Phi) is 14.0. The van der Waals surface area contributed by atoms with Crippen LogP contribution in [0.5, 0.6) is 0 Å². The minimum atomic E-state index is -0.578. The van der Waals surface area contributed by atoms with E-state index in [0.29, 0.717) is 24.0 Å². The first kappa shape index (κ1) is 28.6. The fraction of sp³-hybridized carbons (Fsp3) is 0.429. The molecule has 0 radical (unpaired) electrons. The topological polar surface area (TPSA) is 127 Å². The van der Waals surface area contributed by atoms with E-state index in [1.807, 2.05) is 12.1 Å². The monoisotopic (exact) mass is 494 g/mol. The molecule has 0 amide bonds. The van der Waals surface area contributed by atoms with Crippen LogP contribution in [-0.2, 0) is 9.68 Å². The molecule has 8 heteroatoms. The predicted octanol–water partition coefficient (Wildman–Crippen LogP) is 6.14. The Morgan fingerprint density at radius 3 is 1.64 bits per heavy atom. The van der Waals surface area contributed by atoms with Gasteiger partial charge in [0.2, 0.25) is 0 Å². The molecule has 2 rings (SSSR count). The number of hydrogen-bond donors (Lipinski definition) is 3. The zero-order valence-corrected chi connectivity index (χ0v) is 20.9. The molecule has 2 aromatic carbocycles. The van der Waals surface area contributed by atoms with E-state index >= 15 is 0 Å². The van der Waals surface area contributed by atoms with Crippen molar-refractivity contribution in [1.82, 2.24) is 5.48 Å². The van der Waals surface area contributed by atoms with Crippen molar-refractivity contribution in [1.29, 1.82) is 5.41 Å². The Morgan fingerprint density at radius 2 is 1.14 bits per heavy atom. The number of nitrogens with zero attached hydrogens (tertiary/aromatic N) is 1. The summed E-state index contributed by atoms with van der Waals surface area (Å²) in [7, 11) is 0. The Labute approximate surface area is 213 Å². The maximum absolute atomic E-state index is 12.2. The molecule has 4 N–H and O–H groups in total. The van der Waals surface area contributed by atoms with E-state index in [9.17, 15) is 9.59 Å². The Bertz CT molecular complexity index is 949. The second kappa shape index (κ2) is 17.7. The van der Waals surface area contributed by atoms with Gasteiger partial charge in [0.25, 0.3) is 0 Å².